The average molecular weight is 377 g/mol. The van der Waals surface area contributed by atoms with Gasteiger partial charge in [-0.2, -0.15) is 0 Å². The van der Waals surface area contributed by atoms with Crippen molar-refractivity contribution in [2.24, 2.45) is 0 Å². The molecule has 0 aliphatic heterocycles. The van der Waals surface area contributed by atoms with E-state index in [9.17, 15) is 4.39 Å². The lowest BCUT2D eigenvalue weighted by Crippen LogP contribution is -2.19. The van der Waals surface area contributed by atoms with Crippen LogP contribution in [0.25, 0.3) is 0 Å². The molecular formula is C15H13BrCl2FN. The number of hydrogen-bond donors (Lipinski definition) is 1. The minimum absolute atomic E-state index is 0.0602. The average Bonchev–Trinajstić information content (AvgIpc) is 2.42. The van der Waals surface area contributed by atoms with Crippen LogP contribution in [0, 0.1) is 5.82 Å². The third kappa shape index (κ3) is 3.53. The molecule has 2 rings (SSSR count). The minimum Gasteiger partial charge on any atom is -0.313 e. The van der Waals surface area contributed by atoms with Gasteiger partial charge < -0.3 is 5.32 Å². The predicted molar refractivity (Wildman–Crippen MR) is 86.1 cm³/mol. The summed E-state index contributed by atoms with van der Waals surface area (Å²) in [5, 5.41) is 4.41. The van der Waals surface area contributed by atoms with Gasteiger partial charge in [-0.3, -0.25) is 0 Å². The molecule has 0 heterocycles. The monoisotopic (exact) mass is 375 g/mol. The van der Waals surface area contributed by atoms with Gasteiger partial charge in [0, 0.05) is 16.1 Å². The topological polar surface area (TPSA) is 12.0 Å². The fourth-order valence-corrected chi connectivity index (χ4v) is 2.85. The van der Waals surface area contributed by atoms with Crippen LogP contribution in [0.5, 0.6) is 0 Å². The fraction of sp³-hybridized carbons (Fsp3) is 0.200. The van der Waals surface area contributed by atoms with Gasteiger partial charge in [0.25, 0.3) is 0 Å². The Morgan fingerprint density at radius 2 is 1.85 bits per heavy atom. The molecule has 0 aliphatic rings. The second-order valence-corrected chi connectivity index (χ2v) is 6.09. The lowest BCUT2D eigenvalue weighted by molar-refractivity contribution is 0.575. The van der Waals surface area contributed by atoms with Crippen LogP contribution in [0.3, 0.4) is 0 Å². The number of halogens is 4. The van der Waals surface area contributed by atoms with Gasteiger partial charge in [0.15, 0.2) is 0 Å². The molecule has 0 saturated heterocycles. The van der Waals surface area contributed by atoms with Crippen LogP contribution >= 0.6 is 39.1 Å². The lowest BCUT2D eigenvalue weighted by atomic mass is 9.99. The Morgan fingerprint density at radius 3 is 2.40 bits per heavy atom. The Bertz CT molecular complexity index is 599. The van der Waals surface area contributed by atoms with E-state index in [1.165, 1.54) is 6.07 Å². The Labute approximate surface area is 136 Å². The lowest BCUT2D eigenvalue weighted by Gasteiger charge is -2.18. The quantitative estimate of drug-likeness (QED) is 0.753. The molecule has 1 N–H and O–H groups in total. The molecule has 0 bridgehead atoms. The summed E-state index contributed by atoms with van der Waals surface area (Å²) in [6.07, 6.45) is 0.593. The van der Waals surface area contributed by atoms with Gasteiger partial charge in [-0.05, 0) is 64.8 Å². The standard InChI is InChI=1S/C15H13BrCl2FN/c1-20-15(9-5-6-11(16)14(19)7-9)8-10-12(17)3-2-4-13(10)18/h2-7,15,20H,8H2,1H3. The largest absolute Gasteiger partial charge is 0.313 e. The van der Waals surface area contributed by atoms with E-state index < -0.39 is 0 Å². The summed E-state index contributed by atoms with van der Waals surface area (Å²) in [6, 6.07) is 10.4. The Hall–Kier alpha value is -0.610. The van der Waals surface area contributed by atoms with Gasteiger partial charge >= 0.3 is 0 Å². The molecule has 0 aromatic heterocycles. The van der Waals surface area contributed by atoms with Crippen molar-refractivity contribution in [3.8, 4) is 0 Å². The zero-order valence-electron chi connectivity index (χ0n) is 10.8. The van der Waals surface area contributed by atoms with Gasteiger partial charge in [0.1, 0.15) is 5.82 Å². The second-order valence-electron chi connectivity index (χ2n) is 4.42. The molecule has 106 valence electrons. The van der Waals surface area contributed by atoms with E-state index in [-0.39, 0.29) is 11.9 Å². The van der Waals surface area contributed by atoms with E-state index in [0.717, 1.165) is 11.1 Å². The number of likely N-dealkylation sites (N-methyl/N-ethyl adjacent to an activating group) is 1. The number of hydrogen-bond acceptors (Lipinski definition) is 1. The maximum Gasteiger partial charge on any atom is 0.137 e. The summed E-state index contributed by atoms with van der Waals surface area (Å²) in [5.74, 6) is -0.284. The van der Waals surface area contributed by atoms with Gasteiger partial charge in [-0.25, -0.2) is 4.39 Å². The van der Waals surface area contributed by atoms with Crippen molar-refractivity contribution in [3.63, 3.8) is 0 Å². The second kappa shape index (κ2) is 6.90. The Morgan fingerprint density at radius 1 is 1.20 bits per heavy atom. The van der Waals surface area contributed by atoms with E-state index in [2.05, 4.69) is 21.2 Å². The SMILES string of the molecule is CNC(Cc1c(Cl)cccc1Cl)c1ccc(Br)c(F)c1. The minimum atomic E-state index is -0.284. The maximum absolute atomic E-state index is 13.6. The zero-order chi connectivity index (χ0) is 14.7. The molecule has 2 aromatic rings. The molecule has 0 aliphatic carbocycles. The third-order valence-electron chi connectivity index (χ3n) is 3.16. The van der Waals surface area contributed by atoms with Crippen LogP contribution in [-0.4, -0.2) is 7.05 Å². The van der Waals surface area contributed by atoms with Gasteiger partial charge in [0.2, 0.25) is 0 Å². The predicted octanol–water partition coefficient (Wildman–Crippen LogP) is 5.40. The molecular weight excluding hydrogens is 364 g/mol. The van der Waals surface area contributed by atoms with Crippen molar-refractivity contribution in [2.75, 3.05) is 7.05 Å². The molecule has 0 radical (unpaired) electrons. The van der Waals surface area contributed by atoms with Crippen LogP contribution in [0.15, 0.2) is 40.9 Å². The molecule has 0 fully saturated rings. The first-order valence-electron chi connectivity index (χ1n) is 6.08. The molecule has 1 atom stereocenters. The van der Waals surface area contributed by atoms with Crippen LogP contribution in [0.4, 0.5) is 4.39 Å². The van der Waals surface area contributed by atoms with Crippen molar-refractivity contribution < 1.29 is 4.39 Å². The van der Waals surface area contributed by atoms with Crippen molar-refractivity contribution >= 4 is 39.1 Å². The molecule has 1 unspecified atom stereocenters. The summed E-state index contributed by atoms with van der Waals surface area (Å²) >= 11 is 15.5. The highest BCUT2D eigenvalue weighted by molar-refractivity contribution is 9.10. The van der Waals surface area contributed by atoms with Gasteiger partial charge in [0.05, 0.1) is 4.47 Å². The summed E-state index contributed by atoms with van der Waals surface area (Å²) in [7, 11) is 1.83. The highest BCUT2D eigenvalue weighted by atomic mass is 79.9. The van der Waals surface area contributed by atoms with Crippen LogP contribution < -0.4 is 5.32 Å². The smallest absolute Gasteiger partial charge is 0.137 e. The Balaban J connectivity index is 2.31. The van der Waals surface area contributed by atoms with Crippen molar-refractivity contribution in [1.29, 1.82) is 0 Å². The molecule has 0 amide bonds. The first kappa shape index (κ1) is 15.8. The molecule has 1 nitrogen and oxygen atoms in total. The number of nitrogens with one attached hydrogen (secondary N) is 1. The van der Waals surface area contributed by atoms with Gasteiger partial charge in [-0.15, -0.1) is 0 Å². The van der Waals surface area contributed by atoms with E-state index in [0.29, 0.717) is 20.9 Å². The molecule has 0 saturated carbocycles. The van der Waals surface area contributed by atoms with Crippen LogP contribution in [0.2, 0.25) is 10.0 Å². The van der Waals surface area contributed by atoms with Crippen molar-refractivity contribution in [3.05, 3.63) is 67.9 Å². The number of rotatable bonds is 4. The summed E-state index contributed by atoms with van der Waals surface area (Å²) < 4.78 is 14.1. The molecule has 5 heteroatoms. The highest BCUT2D eigenvalue weighted by Crippen LogP contribution is 2.30. The van der Waals surface area contributed by atoms with Crippen LogP contribution in [0.1, 0.15) is 17.2 Å². The van der Waals surface area contributed by atoms with E-state index in [1.807, 2.05) is 19.2 Å². The van der Waals surface area contributed by atoms with E-state index >= 15 is 0 Å². The fourth-order valence-electron chi connectivity index (χ4n) is 2.05. The maximum atomic E-state index is 13.6. The first-order valence-corrected chi connectivity index (χ1v) is 7.63. The first-order chi connectivity index (χ1) is 9.52. The van der Waals surface area contributed by atoms with Crippen molar-refractivity contribution in [2.45, 2.75) is 12.5 Å². The summed E-state index contributed by atoms with van der Waals surface area (Å²) in [5.41, 5.74) is 1.71. The molecule has 2 aromatic carbocycles. The molecule has 0 spiro atoms. The Kier molecular flexibility index (Phi) is 5.44. The summed E-state index contributed by atoms with van der Waals surface area (Å²) in [4.78, 5) is 0. The van der Waals surface area contributed by atoms with Gasteiger partial charge in [-0.1, -0.05) is 35.3 Å². The number of benzene rings is 2. The summed E-state index contributed by atoms with van der Waals surface area (Å²) in [6.45, 7) is 0. The van der Waals surface area contributed by atoms with Crippen LogP contribution in [-0.2, 0) is 6.42 Å². The molecule has 20 heavy (non-hydrogen) atoms. The van der Waals surface area contributed by atoms with E-state index in [1.54, 1.807) is 18.2 Å². The highest BCUT2D eigenvalue weighted by Gasteiger charge is 2.15. The van der Waals surface area contributed by atoms with E-state index in [4.69, 9.17) is 23.2 Å². The van der Waals surface area contributed by atoms with Crippen molar-refractivity contribution in [1.82, 2.24) is 5.32 Å². The zero-order valence-corrected chi connectivity index (χ0v) is 13.9. The normalized spacial score (nSPS) is 12.4. The third-order valence-corrected chi connectivity index (χ3v) is 4.52.